The van der Waals surface area contributed by atoms with E-state index in [1.807, 2.05) is 23.1 Å². The molecule has 0 radical (unpaired) electrons. The highest BCUT2D eigenvalue weighted by Crippen LogP contribution is 2.32. The number of rotatable bonds is 1. The molecular weight excluding hydrogens is 288 g/mol. The van der Waals surface area contributed by atoms with Crippen molar-refractivity contribution in [1.29, 1.82) is 0 Å². The average Bonchev–Trinajstić information content (AvgIpc) is 3.06. The minimum atomic E-state index is -0.0669. The van der Waals surface area contributed by atoms with Crippen LogP contribution in [0, 0.1) is 17.8 Å². The van der Waals surface area contributed by atoms with Gasteiger partial charge in [-0.15, -0.1) is 0 Å². The summed E-state index contributed by atoms with van der Waals surface area (Å²) in [4.78, 5) is 14.8. The lowest BCUT2D eigenvalue weighted by Gasteiger charge is -2.28. The van der Waals surface area contributed by atoms with E-state index in [1.165, 1.54) is 0 Å². The topological polar surface area (TPSA) is 41.6 Å². The van der Waals surface area contributed by atoms with E-state index in [0.717, 1.165) is 43.9 Å². The standard InChI is InChI=1S/C16H19ClN2O2/c17-14-1-2-15-10(4-14)3-11(9-21-15)16(20)19-7-12-5-18-6-13(12)8-19/h1-2,4,11-13,18H,3,5-9H2/t11?,12-,13+. The maximum Gasteiger partial charge on any atom is 0.229 e. The Balaban J connectivity index is 1.46. The van der Waals surface area contributed by atoms with Crippen molar-refractivity contribution >= 4 is 17.5 Å². The van der Waals surface area contributed by atoms with Gasteiger partial charge in [0.2, 0.25) is 5.91 Å². The number of carbonyl (C=O) groups is 1. The van der Waals surface area contributed by atoms with Gasteiger partial charge in [-0.05, 0) is 42.0 Å². The van der Waals surface area contributed by atoms with E-state index in [-0.39, 0.29) is 11.8 Å². The minimum Gasteiger partial charge on any atom is -0.492 e. The molecule has 5 heteroatoms. The Morgan fingerprint density at radius 1 is 1.29 bits per heavy atom. The number of amides is 1. The first-order valence-corrected chi connectivity index (χ1v) is 7.99. The van der Waals surface area contributed by atoms with Gasteiger partial charge >= 0.3 is 0 Å². The molecule has 0 saturated carbocycles. The molecule has 1 amide bonds. The Hall–Kier alpha value is -1.26. The van der Waals surface area contributed by atoms with E-state index in [9.17, 15) is 4.79 Å². The number of carbonyl (C=O) groups excluding carboxylic acids is 1. The van der Waals surface area contributed by atoms with Gasteiger partial charge in [0.25, 0.3) is 0 Å². The summed E-state index contributed by atoms with van der Waals surface area (Å²) in [6.07, 6.45) is 0.735. The molecule has 21 heavy (non-hydrogen) atoms. The van der Waals surface area contributed by atoms with Gasteiger partial charge in [0.05, 0.1) is 5.92 Å². The van der Waals surface area contributed by atoms with E-state index >= 15 is 0 Å². The lowest BCUT2D eigenvalue weighted by Crippen LogP contribution is -2.40. The van der Waals surface area contributed by atoms with Crippen LogP contribution in [-0.4, -0.2) is 43.6 Å². The minimum absolute atomic E-state index is 0.0669. The van der Waals surface area contributed by atoms with Gasteiger partial charge in [0.15, 0.2) is 0 Å². The summed E-state index contributed by atoms with van der Waals surface area (Å²) in [5.41, 5.74) is 1.05. The third-order valence-corrected chi connectivity index (χ3v) is 5.21. The van der Waals surface area contributed by atoms with Crippen LogP contribution in [0.5, 0.6) is 5.75 Å². The highest BCUT2D eigenvalue weighted by atomic mass is 35.5. The van der Waals surface area contributed by atoms with Crippen molar-refractivity contribution < 1.29 is 9.53 Å². The zero-order valence-electron chi connectivity index (χ0n) is 11.8. The molecule has 3 heterocycles. The molecule has 1 N–H and O–H groups in total. The fourth-order valence-electron chi connectivity index (χ4n) is 3.82. The van der Waals surface area contributed by atoms with Crippen LogP contribution in [-0.2, 0) is 11.2 Å². The lowest BCUT2D eigenvalue weighted by atomic mass is 9.95. The predicted molar refractivity (Wildman–Crippen MR) is 80.6 cm³/mol. The van der Waals surface area contributed by atoms with Crippen LogP contribution in [0.15, 0.2) is 18.2 Å². The van der Waals surface area contributed by atoms with Gasteiger partial charge in [0.1, 0.15) is 12.4 Å². The molecule has 3 atom stereocenters. The number of nitrogens with one attached hydrogen (secondary N) is 1. The summed E-state index contributed by atoms with van der Waals surface area (Å²) in [6, 6.07) is 5.64. The van der Waals surface area contributed by atoms with Crippen LogP contribution < -0.4 is 10.1 Å². The van der Waals surface area contributed by atoms with Crippen molar-refractivity contribution in [3.05, 3.63) is 28.8 Å². The summed E-state index contributed by atoms with van der Waals surface area (Å²) in [6.45, 7) is 4.38. The number of fused-ring (bicyclic) bond motifs is 2. The number of halogens is 1. The molecule has 0 bridgehead atoms. The molecule has 1 aromatic carbocycles. The third kappa shape index (κ3) is 2.40. The number of benzene rings is 1. The lowest BCUT2D eigenvalue weighted by molar-refractivity contribution is -0.136. The Bertz CT molecular complexity index is 565. The first-order valence-electron chi connectivity index (χ1n) is 7.61. The fraction of sp³-hybridized carbons (Fsp3) is 0.562. The number of likely N-dealkylation sites (tertiary alicyclic amines) is 1. The number of ether oxygens (including phenoxy) is 1. The van der Waals surface area contributed by atoms with Crippen LogP contribution in [0.3, 0.4) is 0 Å². The molecule has 2 fully saturated rings. The van der Waals surface area contributed by atoms with Gasteiger partial charge in [-0.3, -0.25) is 4.79 Å². The van der Waals surface area contributed by atoms with Crippen molar-refractivity contribution in [3.63, 3.8) is 0 Å². The first kappa shape index (κ1) is 13.4. The van der Waals surface area contributed by atoms with Crippen LogP contribution in [0.25, 0.3) is 0 Å². The molecule has 1 unspecified atom stereocenters. The molecule has 4 nitrogen and oxygen atoms in total. The molecule has 0 aromatic heterocycles. The Labute approximate surface area is 129 Å². The SMILES string of the molecule is O=C(C1COc2ccc(Cl)cc2C1)N1C[C@H]2CNC[C@H]2C1. The first-order chi connectivity index (χ1) is 10.2. The highest BCUT2D eigenvalue weighted by molar-refractivity contribution is 6.30. The van der Waals surface area contributed by atoms with Crippen LogP contribution in [0.4, 0.5) is 0 Å². The van der Waals surface area contributed by atoms with Crippen molar-refractivity contribution in [3.8, 4) is 5.75 Å². The van der Waals surface area contributed by atoms with E-state index in [1.54, 1.807) is 0 Å². The third-order valence-electron chi connectivity index (χ3n) is 4.98. The Kier molecular flexibility index (Phi) is 3.31. The van der Waals surface area contributed by atoms with E-state index < -0.39 is 0 Å². The van der Waals surface area contributed by atoms with Crippen molar-refractivity contribution in [2.75, 3.05) is 32.8 Å². The summed E-state index contributed by atoms with van der Waals surface area (Å²) < 4.78 is 5.75. The normalized spacial score (nSPS) is 30.7. The average molecular weight is 307 g/mol. The summed E-state index contributed by atoms with van der Waals surface area (Å²) in [5, 5.41) is 4.11. The second-order valence-electron chi connectivity index (χ2n) is 6.39. The maximum absolute atomic E-state index is 12.7. The number of hydrogen-bond donors (Lipinski definition) is 1. The molecule has 3 aliphatic rings. The van der Waals surface area contributed by atoms with Crippen molar-refractivity contribution in [2.24, 2.45) is 17.8 Å². The molecular formula is C16H19ClN2O2. The molecule has 112 valence electrons. The largest absolute Gasteiger partial charge is 0.492 e. The van der Waals surface area contributed by atoms with E-state index in [4.69, 9.17) is 16.3 Å². The van der Waals surface area contributed by atoms with Crippen LogP contribution >= 0.6 is 11.6 Å². The van der Waals surface area contributed by atoms with Gasteiger partial charge in [-0.2, -0.15) is 0 Å². The molecule has 3 aliphatic heterocycles. The molecule has 4 rings (SSSR count). The van der Waals surface area contributed by atoms with Gasteiger partial charge in [0, 0.05) is 31.2 Å². The van der Waals surface area contributed by atoms with Gasteiger partial charge < -0.3 is 15.0 Å². The molecule has 0 aliphatic carbocycles. The van der Waals surface area contributed by atoms with Crippen LogP contribution in [0.1, 0.15) is 5.56 Å². The smallest absolute Gasteiger partial charge is 0.229 e. The van der Waals surface area contributed by atoms with Crippen molar-refractivity contribution in [1.82, 2.24) is 10.2 Å². The second-order valence-corrected chi connectivity index (χ2v) is 6.82. The summed E-state index contributed by atoms with van der Waals surface area (Å²) >= 11 is 6.04. The molecule has 1 aromatic rings. The van der Waals surface area contributed by atoms with Crippen LogP contribution in [0.2, 0.25) is 5.02 Å². The molecule has 0 spiro atoms. The van der Waals surface area contributed by atoms with Crippen molar-refractivity contribution in [2.45, 2.75) is 6.42 Å². The zero-order chi connectivity index (χ0) is 14.4. The highest BCUT2D eigenvalue weighted by Gasteiger charge is 2.40. The maximum atomic E-state index is 12.7. The van der Waals surface area contributed by atoms with Gasteiger partial charge in [-0.25, -0.2) is 0 Å². The van der Waals surface area contributed by atoms with E-state index in [0.29, 0.717) is 23.5 Å². The number of hydrogen-bond acceptors (Lipinski definition) is 3. The second kappa shape index (κ2) is 5.18. The summed E-state index contributed by atoms with van der Waals surface area (Å²) in [5.74, 6) is 2.32. The summed E-state index contributed by atoms with van der Waals surface area (Å²) in [7, 11) is 0. The monoisotopic (exact) mass is 306 g/mol. The Morgan fingerprint density at radius 3 is 2.81 bits per heavy atom. The Morgan fingerprint density at radius 2 is 2.05 bits per heavy atom. The number of nitrogens with zero attached hydrogens (tertiary/aromatic N) is 1. The quantitative estimate of drug-likeness (QED) is 0.856. The van der Waals surface area contributed by atoms with Gasteiger partial charge in [-0.1, -0.05) is 11.6 Å². The fourth-order valence-corrected chi connectivity index (χ4v) is 4.01. The molecule has 2 saturated heterocycles. The zero-order valence-corrected chi connectivity index (χ0v) is 12.6. The van der Waals surface area contributed by atoms with E-state index in [2.05, 4.69) is 5.32 Å². The predicted octanol–water partition coefficient (Wildman–Crippen LogP) is 1.57.